The van der Waals surface area contributed by atoms with E-state index in [1.165, 1.54) is 56.2 Å². The van der Waals surface area contributed by atoms with Crippen molar-refractivity contribution in [2.75, 3.05) is 11.9 Å². The Kier molecular flexibility index (Phi) is 3.79. The van der Waals surface area contributed by atoms with E-state index in [0.29, 0.717) is 0 Å². The number of anilines is 1. The lowest BCUT2D eigenvalue weighted by molar-refractivity contribution is 0.289. The Morgan fingerprint density at radius 3 is 2.78 bits per heavy atom. The summed E-state index contributed by atoms with van der Waals surface area (Å²) in [6.07, 6.45) is 9.88. The van der Waals surface area contributed by atoms with Crippen molar-refractivity contribution in [2.24, 2.45) is 11.8 Å². The zero-order valence-electron chi connectivity index (χ0n) is 10.9. The molecular formula is C16H22ClN. The Morgan fingerprint density at radius 2 is 1.94 bits per heavy atom. The number of halogens is 1. The number of benzene rings is 1. The Morgan fingerprint density at radius 1 is 1.11 bits per heavy atom. The van der Waals surface area contributed by atoms with Gasteiger partial charge in [0, 0.05) is 6.54 Å². The lowest BCUT2D eigenvalue weighted by Crippen LogP contribution is -2.26. The summed E-state index contributed by atoms with van der Waals surface area (Å²) in [6, 6.07) is 6.28. The van der Waals surface area contributed by atoms with Crippen molar-refractivity contribution in [1.82, 2.24) is 0 Å². The molecule has 1 aromatic carbocycles. The van der Waals surface area contributed by atoms with Crippen LogP contribution in [0.15, 0.2) is 18.2 Å². The predicted octanol–water partition coefficient (Wildman–Crippen LogP) is 4.89. The van der Waals surface area contributed by atoms with E-state index in [1.807, 2.05) is 6.07 Å². The lowest BCUT2D eigenvalue weighted by Gasteiger charge is -2.31. The Labute approximate surface area is 115 Å². The fourth-order valence-corrected chi connectivity index (χ4v) is 3.89. The Hall–Kier alpha value is -0.690. The summed E-state index contributed by atoms with van der Waals surface area (Å²) in [7, 11) is 0. The van der Waals surface area contributed by atoms with Gasteiger partial charge in [-0.15, -0.1) is 0 Å². The first-order chi connectivity index (χ1) is 8.83. The first-order valence-corrected chi connectivity index (χ1v) is 7.72. The first-order valence-electron chi connectivity index (χ1n) is 7.34. The minimum absolute atomic E-state index is 0.805. The Bertz CT molecular complexity index is 410. The Balaban J connectivity index is 1.64. The molecule has 1 unspecified atom stereocenters. The number of nitrogens with one attached hydrogen (secondary N) is 1. The molecule has 1 atom stereocenters. The van der Waals surface area contributed by atoms with Gasteiger partial charge in [-0.25, -0.2) is 0 Å². The maximum absolute atomic E-state index is 6.22. The van der Waals surface area contributed by atoms with Gasteiger partial charge >= 0.3 is 0 Å². The molecule has 1 aliphatic heterocycles. The van der Waals surface area contributed by atoms with Crippen molar-refractivity contribution >= 4 is 17.3 Å². The molecule has 3 rings (SSSR count). The van der Waals surface area contributed by atoms with Gasteiger partial charge in [0.2, 0.25) is 0 Å². The van der Waals surface area contributed by atoms with Crippen LogP contribution in [0.4, 0.5) is 5.69 Å². The van der Waals surface area contributed by atoms with E-state index in [0.717, 1.165) is 23.4 Å². The van der Waals surface area contributed by atoms with Gasteiger partial charge in [0.25, 0.3) is 0 Å². The molecule has 1 aliphatic carbocycles. The topological polar surface area (TPSA) is 12.0 Å². The van der Waals surface area contributed by atoms with Crippen molar-refractivity contribution in [3.63, 3.8) is 0 Å². The van der Waals surface area contributed by atoms with Crippen LogP contribution in [0.25, 0.3) is 0 Å². The standard InChI is InChI=1S/C16H22ClN/c17-15-8-4-7-14-10-13(11-18-16(14)15)9-12-5-2-1-3-6-12/h4,7-8,12-13,18H,1-3,5-6,9-11H2. The van der Waals surface area contributed by atoms with E-state index in [4.69, 9.17) is 11.6 Å². The largest absolute Gasteiger partial charge is 0.383 e. The van der Waals surface area contributed by atoms with Gasteiger partial charge in [0.15, 0.2) is 0 Å². The second-order valence-electron chi connectivity index (χ2n) is 5.96. The fraction of sp³-hybridized carbons (Fsp3) is 0.625. The molecule has 1 nitrogen and oxygen atoms in total. The van der Waals surface area contributed by atoms with Gasteiger partial charge < -0.3 is 5.32 Å². The van der Waals surface area contributed by atoms with Gasteiger partial charge in [0.1, 0.15) is 0 Å². The monoisotopic (exact) mass is 263 g/mol. The highest BCUT2D eigenvalue weighted by atomic mass is 35.5. The summed E-state index contributed by atoms with van der Waals surface area (Å²) in [5, 5.41) is 4.42. The minimum Gasteiger partial charge on any atom is -0.383 e. The number of hydrogen-bond acceptors (Lipinski definition) is 1. The normalized spacial score (nSPS) is 24.4. The van der Waals surface area contributed by atoms with Gasteiger partial charge in [-0.3, -0.25) is 0 Å². The summed E-state index contributed by atoms with van der Waals surface area (Å²) in [5.41, 5.74) is 2.59. The van der Waals surface area contributed by atoms with Crippen molar-refractivity contribution in [3.05, 3.63) is 28.8 Å². The molecule has 1 heterocycles. The maximum Gasteiger partial charge on any atom is 0.0640 e. The van der Waals surface area contributed by atoms with Crippen LogP contribution >= 0.6 is 11.6 Å². The second kappa shape index (κ2) is 5.52. The van der Waals surface area contributed by atoms with Crippen molar-refractivity contribution in [3.8, 4) is 0 Å². The summed E-state index contributed by atoms with van der Waals surface area (Å²) in [5.74, 6) is 1.78. The van der Waals surface area contributed by atoms with Crippen LogP contribution in [0.2, 0.25) is 5.02 Å². The number of rotatable bonds is 2. The molecule has 1 N–H and O–H groups in total. The second-order valence-corrected chi connectivity index (χ2v) is 6.37. The molecule has 0 amide bonds. The van der Waals surface area contributed by atoms with Gasteiger partial charge in [-0.1, -0.05) is 55.8 Å². The summed E-state index contributed by atoms with van der Waals surface area (Å²) in [6.45, 7) is 1.10. The minimum atomic E-state index is 0.805. The molecule has 1 fully saturated rings. The molecule has 0 radical (unpaired) electrons. The molecule has 0 bridgehead atoms. The van der Waals surface area contributed by atoms with E-state index in [2.05, 4.69) is 17.4 Å². The fourth-order valence-electron chi connectivity index (χ4n) is 3.63. The van der Waals surface area contributed by atoms with E-state index in [1.54, 1.807) is 0 Å². The third-order valence-electron chi connectivity index (χ3n) is 4.57. The summed E-state index contributed by atoms with van der Waals surface area (Å²) >= 11 is 6.22. The highest BCUT2D eigenvalue weighted by Crippen LogP contribution is 2.36. The quantitative estimate of drug-likeness (QED) is 0.801. The predicted molar refractivity (Wildman–Crippen MR) is 78.3 cm³/mol. The molecule has 1 saturated carbocycles. The molecule has 2 heteroatoms. The van der Waals surface area contributed by atoms with E-state index >= 15 is 0 Å². The summed E-state index contributed by atoms with van der Waals surface area (Å²) < 4.78 is 0. The van der Waals surface area contributed by atoms with Crippen molar-refractivity contribution in [1.29, 1.82) is 0 Å². The highest BCUT2D eigenvalue weighted by Gasteiger charge is 2.23. The van der Waals surface area contributed by atoms with Crippen LogP contribution in [0, 0.1) is 11.8 Å². The zero-order chi connectivity index (χ0) is 12.4. The number of hydrogen-bond donors (Lipinski definition) is 1. The average molecular weight is 264 g/mol. The third-order valence-corrected chi connectivity index (χ3v) is 4.88. The molecule has 0 spiro atoms. The van der Waals surface area contributed by atoms with Crippen LogP contribution in [0.1, 0.15) is 44.1 Å². The van der Waals surface area contributed by atoms with Crippen LogP contribution in [0.5, 0.6) is 0 Å². The van der Waals surface area contributed by atoms with Crippen LogP contribution < -0.4 is 5.32 Å². The SMILES string of the molecule is Clc1cccc2c1NCC(CC1CCCCC1)C2. The first kappa shape index (κ1) is 12.3. The smallest absolute Gasteiger partial charge is 0.0640 e. The van der Waals surface area contributed by atoms with Crippen LogP contribution in [0.3, 0.4) is 0 Å². The number of fused-ring (bicyclic) bond motifs is 1. The number of para-hydroxylation sites is 1. The van der Waals surface area contributed by atoms with Crippen LogP contribution in [-0.4, -0.2) is 6.54 Å². The maximum atomic E-state index is 6.22. The molecule has 1 aromatic rings. The lowest BCUT2D eigenvalue weighted by atomic mass is 9.80. The van der Waals surface area contributed by atoms with Gasteiger partial charge in [-0.2, -0.15) is 0 Å². The molecule has 0 saturated heterocycles. The van der Waals surface area contributed by atoms with Crippen molar-refractivity contribution < 1.29 is 0 Å². The zero-order valence-corrected chi connectivity index (χ0v) is 11.7. The highest BCUT2D eigenvalue weighted by molar-refractivity contribution is 6.33. The average Bonchev–Trinajstić information content (AvgIpc) is 2.40. The molecular weight excluding hydrogens is 242 g/mol. The third kappa shape index (κ3) is 2.66. The van der Waals surface area contributed by atoms with E-state index in [-0.39, 0.29) is 0 Å². The van der Waals surface area contributed by atoms with Crippen LogP contribution in [-0.2, 0) is 6.42 Å². The molecule has 2 aliphatic rings. The molecule has 0 aromatic heterocycles. The molecule has 18 heavy (non-hydrogen) atoms. The van der Waals surface area contributed by atoms with Gasteiger partial charge in [-0.05, 0) is 36.3 Å². The summed E-state index contributed by atoms with van der Waals surface area (Å²) in [4.78, 5) is 0. The van der Waals surface area contributed by atoms with E-state index in [9.17, 15) is 0 Å². The van der Waals surface area contributed by atoms with Gasteiger partial charge in [0.05, 0.1) is 10.7 Å². The van der Waals surface area contributed by atoms with E-state index < -0.39 is 0 Å². The molecule has 98 valence electrons. The van der Waals surface area contributed by atoms with Crippen molar-refractivity contribution in [2.45, 2.75) is 44.9 Å².